The minimum Gasteiger partial charge on any atom is -0.379 e. The van der Waals surface area contributed by atoms with Gasteiger partial charge in [-0.1, -0.05) is 24.3 Å². The maximum atomic E-state index is 5.42. The predicted octanol–water partition coefficient (Wildman–Crippen LogP) is 2.74. The zero-order valence-corrected chi connectivity index (χ0v) is 20.9. The molecule has 3 rings (SSSR count). The van der Waals surface area contributed by atoms with Gasteiger partial charge in [0.15, 0.2) is 5.96 Å². The van der Waals surface area contributed by atoms with E-state index in [0.717, 1.165) is 57.6 Å². The van der Waals surface area contributed by atoms with Gasteiger partial charge in [-0.15, -0.1) is 24.0 Å². The molecule has 1 aromatic carbocycles. The van der Waals surface area contributed by atoms with Crippen molar-refractivity contribution in [1.29, 1.82) is 0 Å². The van der Waals surface area contributed by atoms with Crippen LogP contribution >= 0.6 is 24.0 Å². The molecule has 0 saturated carbocycles. The Labute approximate surface area is 197 Å². The molecule has 7 nitrogen and oxygen atoms in total. The van der Waals surface area contributed by atoms with Crippen LogP contribution in [0.15, 0.2) is 29.3 Å². The van der Waals surface area contributed by atoms with Gasteiger partial charge >= 0.3 is 0 Å². The lowest BCUT2D eigenvalue weighted by Gasteiger charge is -2.26. The molecule has 2 heterocycles. The number of benzene rings is 1. The van der Waals surface area contributed by atoms with Crippen LogP contribution in [-0.2, 0) is 31.4 Å². The monoisotopic (exact) mass is 526 g/mol. The minimum absolute atomic E-state index is 0. The number of nitrogens with one attached hydrogen (secondary N) is 2. The third-order valence-electron chi connectivity index (χ3n) is 5.39. The number of halogens is 1. The van der Waals surface area contributed by atoms with Crippen molar-refractivity contribution >= 4 is 29.9 Å². The summed E-state index contributed by atoms with van der Waals surface area (Å²) >= 11 is 0. The topological polar surface area (TPSA) is 66.7 Å². The van der Waals surface area contributed by atoms with Gasteiger partial charge in [0.2, 0.25) is 0 Å². The van der Waals surface area contributed by atoms with Crippen LogP contribution in [0.3, 0.4) is 0 Å². The van der Waals surface area contributed by atoms with Gasteiger partial charge in [0.05, 0.1) is 25.5 Å². The molecule has 1 fully saturated rings. The van der Waals surface area contributed by atoms with Crippen LogP contribution in [0.4, 0.5) is 0 Å². The van der Waals surface area contributed by atoms with Crippen LogP contribution in [0.5, 0.6) is 0 Å². The van der Waals surface area contributed by atoms with E-state index >= 15 is 0 Å². The van der Waals surface area contributed by atoms with Crippen LogP contribution < -0.4 is 10.6 Å². The number of guanidine groups is 1. The van der Waals surface area contributed by atoms with Gasteiger partial charge in [-0.2, -0.15) is 5.10 Å². The summed E-state index contributed by atoms with van der Waals surface area (Å²) in [4.78, 5) is 7.19. The van der Waals surface area contributed by atoms with Crippen LogP contribution in [0.1, 0.15) is 35.0 Å². The van der Waals surface area contributed by atoms with Crippen molar-refractivity contribution in [2.75, 3.05) is 32.8 Å². The Morgan fingerprint density at radius 3 is 2.37 bits per heavy atom. The average molecular weight is 526 g/mol. The van der Waals surface area contributed by atoms with E-state index in [-0.39, 0.29) is 24.0 Å². The lowest BCUT2D eigenvalue weighted by Crippen LogP contribution is -2.37. The van der Waals surface area contributed by atoms with Gasteiger partial charge < -0.3 is 15.4 Å². The van der Waals surface area contributed by atoms with E-state index in [1.165, 1.54) is 22.4 Å². The molecule has 30 heavy (non-hydrogen) atoms. The fourth-order valence-electron chi connectivity index (χ4n) is 3.53. The fraction of sp³-hybridized carbons (Fsp3) is 0.545. The van der Waals surface area contributed by atoms with Crippen molar-refractivity contribution in [2.24, 2.45) is 12.0 Å². The highest BCUT2D eigenvalue weighted by atomic mass is 127. The van der Waals surface area contributed by atoms with Gasteiger partial charge in [-0.25, -0.2) is 4.99 Å². The largest absolute Gasteiger partial charge is 0.379 e. The number of nitrogens with zero attached hydrogens (tertiary/aromatic N) is 4. The lowest BCUT2D eigenvalue weighted by molar-refractivity contribution is 0.0342. The number of aliphatic imine (C=N–C) groups is 1. The van der Waals surface area contributed by atoms with Crippen molar-refractivity contribution in [2.45, 2.75) is 40.4 Å². The van der Waals surface area contributed by atoms with Crippen molar-refractivity contribution in [3.63, 3.8) is 0 Å². The molecule has 0 unspecified atom stereocenters. The fourth-order valence-corrected chi connectivity index (χ4v) is 3.53. The van der Waals surface area contributed by atoms with Crippen molar-refractivity contribution in [3.8, 4) is 0 Å². The Bertz CT molecular complexity index is 812. The first-order valence-electron chi connectivity index (χ1n) is 10.5. The lowest BCUT2D eigenvalue weighted by atomic mass is 10.1. The predicted molar refractivity (Wildman–Crippen MR) is 132 cm³/mol. The first-order chi connectivity index (χ1) is 14.1. The minimum atomic E-state index is 0. The molecular weight excluding hydrogens is 491 g/mol. The molecule has 8 heteroatoms. The molecule has 2 aromatic rings. The Balaban J connectivity index is 0.00000320. The second-order valence-corrected chi connectivity index (χ2v) is 7.53. The van der Waals surface area contributed by atoms with E-state index in [1.54, 1.807) is 0 Å². The van der Waals surface area contributed by atoms with Crippen LogP contribution in [0.25, 0.3) is 0 Å². The summed E-state index contributed by atoms with van der Waals surface area (Å²) in [5, 5.41) is 11.2. The molecule has 1 aliphatic rings. The smallest absolute Gasteiger partial charge is 0.191 e. The summed E-state index contributed by atoms with van der Waals surface area (Å²) in [6.45, 7) is 13.1. The summed E-state index contributed by atoms with van der Waals surface area (Å²) in [7, 11) is 1.98. The molecule has 166 valence electrons. The Morgan fingerprint density at radius 1 is 1.10 bits per heavy atom. The van der Waals surface area contributed by atoms with E-state index in [1.807, 2.05) is 18.7 Å². The highest BCUT2D eigenvalue weighted by Crippen LogP contribution is 2.12. The molecule has 1 aromatic heterocycles. The molecule has 0 amide bonds. The molecule has 1 aliphatic heterocycles. The Hall–Kier alpha value is -1.65. The molecule has 0 radical (unpaired) electrons. The molecular formula is C22H35IN6O. The second kappa shape index (κ2) is 12.3. The normalized spacial score (nSPS) is 15.0. The molecule has 0 atom stereocenters. The second-order valence-electron chi connectivity index (χ2n) is 7.53. The molecule has 1 saturated heterocycles. The zero-order valence-electron chi connectivity index (χ0n) is 18.6. The van der Waals surface area contributed by atoms with E-state index < -0.39 is 0 Å². The maximum absolute atomic E-state index is 5.42. The number of ether oxygens (including phenoxy) is 1. The highest BCUT2D eigenvalue weighted by Gasteiger charge is 2.11. The summed E-state index contributed by atoms with van der Waals surface area (Å²) in [5.74, 6) is 0.826. The van der Waals surface area contributed by atoms with E-state index in [4.69, 9.17) is 9.73 Å². The first kappa shape index (κ1) is 24.6. The van der Waals surface area contributed by atoms with Crippen molar-refractivity contribution in [3.05, 3.63) is 52.3 Å². The van der Waals surface area contributed by atoms with E-state index in [0.29, 0.717) is 6.54 Å². The summed E-state index contributed by atoms with van der Waals surface area (Å²) < 4.78 is 7.35. The highest BCUT2D eigenvalue weighted by molar-refractivity contribution is 14.0. The number of aryl methyl sites for hydroxylation is 2. The average Bonchev–Trinajstić information content (AvgIpc) is 2.97. The number of rotatable bonds is 7. The molecule has 0 spiro atoms. The number of morpholine rings is 1. The van der Waals surface area contributed by atoms with Gasteiger partial charge in [0, 0.05) is 51.0 Å². The number of aromatic nitrogens is 2. The van der Waals surface area contributed by atoms with Gasteiger partial charge in [0.1, 0.15) is 0 Å². The SMILES string of the molecule is CCNC(=NCc1ccc(CN2CCOCC2)cc1)NCc1c(C)nn(C)c1C.I. The molecule has 0 aliphatic carbocycles. The van der Waals surface area contributed by atoms with Gasteiger partial charge in [-0.3, -0.25) is 9.58 Å². The first-order valence-corrected chi connectivity index (χ1v) is 10.5. The van der Waals surface area contributed by atoms with Crippen LogP contribution in [-0.4, -0.2) is 53.5 Å². The van der Waals surface area contributed by atoms with Crippen molar-refractivity contribution < 1.29 is 4.74 Å². The summed E-state index contributed by atoms with van der Waals surface area (Å²) in [6, 6.07) is 8.78. The van der Waals surface area contributed by atoms with E-state index in [9.17, 15) is 0 Å². The Kier molecular flexibility index (Phi) is 10.1. The molecule has 2 N–H and O–H groups in total. The summed E-state index contributed by atoms with van der Waals surface area (Å²) in [5.41, 5.74) is 6.02. The third kappa shape index (κ3) is 6.95. The number of hydrogen-bond acceptors (Lipinski definition) is 4. The number of hydrogen-bond donors (Lipinski definition) is 2. The van der Waals surface area contributed by atoms with Crippen molar-refractivity contribution in [1.82, 2.24) is 25.3 Å². The van der Waals surface area contributed by atoms with Gasteiger partial charge in [-0.05, 0) is 31.9 Å². The van der Waals surface area contributed by atoms with Crippen LogP contribution in [0, 0.1) is 13.8 Å². The van der Waals surface area contributed by atoms with Gasteiger partial charge in [0.25, 0.3) is 0 Å². The summed E-state index contributed by atoms with van der Waals surface area (Å²) in [6.07, 6.45) is 0. The zero-order chi connectivity index (χ0) is 20.6. The Morgan fingerprint density at radius 2 is 1.77 bits per heavy atom. The quantitative estimate of drug-likeness (QED) is 0.330. The van der Waals surface area contributed by atoms with Crippen LogP contribution in [0.2, 0.25) is 0 Å². The maximum Gasteiger partial charge on any atom is 0.191 e. The van der Waals surface area contributed by atoms with E-state index in [2.05, 4.69) is 58.7 Å². The standard InChI is InChI=1S/C22H34N6O.HI/c1-5-23-22(25-15-21-17(2)26-27(4)18(21)3)24-14-19-6-8-20(9-7-19)16-28-10-12-29-13-11-28;/h6-9H,5,10-16H2,1-4H3,(H2,23,24,25);1H. The third-order valence-corrected chi connectivity index (χ3v) is 5.39. The molecule has 0 bridgehead atoms.